The first kappa shape index (κ1) is 13.5. The number of aliphatic carboxylic acids is 1. The van der Waals surface area contributed by atoms with Crippen LogP contribution >= 0.6 is 12.6 Å². The van der Waals surface area contributed by atoms with Gasteiger partial charge in [-0.05, 0) is 43.2 Å². The van der Waals surface area contributed by atoms with Gasteiger partial charge in [0.25, 0.3) is 0 Å². The number of hydrogen-bond donors (Lipinski definition) is 3. The second-order valence-corrected chi connectivity index (χ2v) is 6.21. The van der Waals surface area contributed by atoms with Crippen molar-refractivity contribution in [2.75, 3.05) is 5.32 Å². The van der Waals surface area contributed by atoms with Gasteiger partial charge in [0.05, 0.1) is 17.5 Å². The molecule has 2 aliphatic rings. The highest BCUT2D eigenvalue weighted by Crippen LogP contribution is 2.52. The number of carbonyl (C=O) groups is 2. The Hall–Kier alpha value is -1.49. The van der Waals surface area contributed by atoms with E-state index in [-0.39, 0.29) is 17.7 Å². The predicted molar refractivity (Wildman–Crippen MR) is 77.8 cm³/mol. The van der Waals surface area contributed by atoms with Gasteiger partial charge in [-0.1, -0.05) is 12.1 Å². The summed E-state index contributed by atoms with van der Waals surface area (Å²) in [4.78, 5) is 24.6. The molecule has 0 spiro atoms. The van der Waals surface area contributed by atoms with Gasteiger partial charge in [-0.25, -0.2) is 0 Å². The van der Waals surface area contributed by atoms with Gasteiger partial charge in [0.1, 0.15) is 0 Å². The lowest BCUT2D eigenvalue weighted by Gasteiger charge is -2.27. The molecule has 1 aromatic rings. The largest absolute Gasteiger partial charge is 0.481 e. The van der Waals surface area contributed by atoms with Crippen molar-refractivity contribution < 1.29 is 14.7 Å². The van der Waals surface area contributed by atoms with E-state index in [0.717, 1.165) is 19.3 Å². The molecule has 2 N–H and O–H groups in total. The molecule has 0 saturated heterocycles. The molecule has 0 radical (unpaired) electrons. The number of carboxylic acid groups (broad SMARTS) is 1. The van der Waals surface area contributed by atoms with E-state index < -0.39 is 17.8 Å². The number of carboxylic acids is 1. The Morgan fingerprint density at radius 2 is 1.80 bits per heavy atom. The zero-order chi connectivity index (χ0) is 14.3. The highest BCUT2D eigenvalue weighted by Gasteiger charge is 2.53. The van der Waals surface area contributed by atoms with Crippen LogP contribution in [0.2, 0.25) is 0 Å². The average Bonchev–Trinajstić information content (AvgIpc) is 3.01. The number of amides is 1. The molecule has 0 aliphatic heterocycles. The van der Waals surface area contributed by atoms with Crippen LogP contribution in [0.1, 0.15) is 19.3 Å². The summed E-state index contributed by atoms with van der Waals surface area (Å²) in [5.74, 6) is -1.56. The standard InChI is InChI=1S/C15H17NO3S/c17-14(16-10-3-1-2-4-11(10)20)12-8-5-6-9(7-8)13(12)15(18)19/h1-4,8-9,12-13,20H,5-7H2,(H,16,17)(H,18,19)/t8-,9-,12+,13-/m0/s1. The van der Waals surface area contributed by atoms with E-state index in [1.165, 1.54) is 0 Å². The Balaban J connectivity index is 1.80. The van der Waals surface area contributed by atoms with Crippen LogP contribution in [0.5, 0.6) is 0 Å². The lowest BCUT2D eigenvalue weighted by molar-refractivity contribution is -0.148. The maximum Gasteiger partial charge on any atom is 0.307 e. The second kappa shape index (κ2) is 5.13. The van der Waals surface area contributed by atoms with Gasteiger partial charge in [-0.3, -0.25) is 9.59 Å². The van der Waals surface area contributed by atoms with Gasteiger partial charge in [-0.15, -0.1) is 12.6 Å². The van der Waals surface area contributed by atoms with E-state index in [9.17, 15) is 14.7 Å². The topological polar surface area (TPSA) is 66.4 Å². The van der Waals surface area contributed by atoms with Gasteiger partial charge >= 0.3 is 5.97 Å². The van der Waals surface area contributed by atoms with Crippen molar-refractivity contribution in [3.63, 3.8) is 0 Å². The van der Waals surface area contributed by atoms with Gasteiger partial charge in [0.15, 0.2) is 0 Å². The fraction of sp³-hybridized carbons (Fsp3) is 0.467. The smallest absolute Gasteiger partial charge is 0.307 e. The third kappa shape index (κ3) is 2.20. The monoisotopic (exact) mass is 291 g/mol. The normalized spacial score (nSPS) is 31.2. The van der Waals surface area contributed by atoms with Crippen molar-refractivity contribution in [3.05, 3.63) is 24.3 Å². The predicted octanol–water partition coefficient (Wildman–Crippen LogP) is 2.66. The quantitative estimate of drug-likeness (QED) is 0.750. The van der Waals surface area contributed by atoms with Crippen molar-refractivity contribution in [2.24, 2.45) is 23.7 Å². The third-order valence-corrected chi connectivity index (χ3v) is 5.06. The van der Waals surface area contributed by atoms with Gasteiger partial charge in [0.2, 0.25) is 5.91 Å². The summed E-state index contributed by atoms with van der Waals surface area (Å²) in [6.45, 7) is 0. The van der Waals surface area contributed by atoms with Crippen LogP contribution in [0, 0.1) is 23.7 Å². The molecule has 1 amide bonds. The number of anilines is 1. The Bertz CT molecular complexity index is 560. The summed E-state index contributed by atoms with van der Waals surface area (Å²) in [5, 5.41) is 12.2. The SMILES string of the molecule is O=C(Nc1ccccc1S)[C@@H]1[C@H]2CC[C@@H](C2)[C@@H]1C(=O)O. The number of carbonyl (C=O) groups excluding carboxylic acids is 1. The van der Waals surface area contributed by atoms with E-state index >= 15 is 0 Å². The molecule has 2 aliphatic carbocycles. The number of fused-ring (bicyclic) bond motifs is 2. The van der Waals surface area contributed by atoms with Gasteiger partial charge in [0, 0.05) is 4.90 Å². The molecule has 106 valence electrons. The molecule has 3 rings (SSSR count). The van der Waals surface area contributed by atoms with E-state index in [1.54, 1.807) is 12.1 Å². The Morgan fingerprint density at radius 3 is 2.45 bits per heavy atom. The van der Waals surface area contributed by atoms with E-state index in [0.29, 0.717) is 10.6 Å². The highest BCUT2D eigenvalue weighted by molar-refractivity contribution is 7.80. The number of nitrogens with one attached hydrogen (secondary N) is 1. The van der Waals surface area contributed by atoms with Crippen molar-refractivity contribution in [3.8, 4) is 0 Å². The number of hydrogen-bond acceptors (Lipinski definition) is 3. The first-order valence-electron chi connectivity index (χ1n) is 6.89. The molecule has 2 fully saturated rings. The van der Waals surface area contributed by atoms with Crippen molar-refractivity contribution in [1.82, 2.24) is 0 Å². The summed E-state index contributed by atoms with van der Waals surface area (Å²) < 4.78 is 0. The van der Waals surface area contributed by atoms with Crippen LogP contribution < -0.4 is 5.32 Å². The summed E-state index contributed by atoms with van der Waals surface area (Å²) in [7, 11) is 0. The Morgan fingerprint density at radius 1 is 1.15 bits per heavy atom. The van der Waals surface area contributed by atoms with Crippen LogP contribution in [-0.2, 0) is 9.59 Å². The van der Waals surface area contributed by atoms with E-state index in [2.05, 4.69) is 17.9 Å². The lowest BCUT2D eigenvalue weighted by atomic mass is 9.78. The average molecular weight is 291 g/mol. The summed E-state index contributed by atoms with van der Waals surface area (Å²) in [6.07, 6.45) is 2.78. The van der Waals surface area contributed by atoms with Crippen LogP contribution in [0.15, 0.2) is 29.2 Å². The minimum Gasteiger partial charge on any atom is -0.481 e. The summed E-state index contributed by atoms with van der Waals surface area (Å²) >= 11 is 4.30. The van der Waals surface area contributed by atoms with Crippen LogP contribution in [0.4, 0.5) is 5.69 Å². The van der Waals surface area contributed by atoms with Gasteiger partial charge in [-0.2, -0.15) is 0 Å². The lowest BCUT2D eigenvalue weighted by Crippen LogP contribution is -2.37. The molecular weight excluding hydrogens is 274 g/mol. The number of para-hydroxylation sites is 1. The number of thiol groups is 1. The molecule has 0 heterocycles. The van der Waals surface area contributed by atoms with Crippen LogP contribution in [0.3, 0.4) is 0 Å². The van der Waals surface area contributed by atoms with Crippen molar-refractivity contribution in [2.45, 2.75) is 24.2 Å². The molecule has 0 unspecified atom stereocenters. The molecule has 20 heavy (non-hydrogen) atoms. The molecular formula is C15H17NO3S. The first-order valence-corrected chi connectivity index (χ1v) is 7.34. The number of benzene rings is 1. The van der Waals surface area contributed by atoms with Crippen molar-refractivity contribution in [1.29, 1.82) is 0 Å². The fourth-order valence-corrected chi connectivity index (χ4v) is 4.04. The molecule has 2 saturated carbocycles. The van der Waals surface area contributed by atoms with E-state index in [4.69, 9.17) is 0 Å². The minimum absolute atomic E-state index is 0.166. The molecule has 1 aromatic carbocycles. The maximum atomic E-state index is 12.5. The van der Waals surface area contributed by atoms with Crippen molar-refractivity contribution >= 4 is 30.2 Å². The molecule has 0 aromatic heterocycles. The second-order valence-electron chi connectivity index (χ2n) is 5.73. The fourth-order valence-electron chi connectivity index (χ4n) is 3.82. The summed E-state index contributed by atoms with van der Waals surface area (Å²) in [5.41, 5.74) is 0.646. The van der Waals surface area contributed by atoms with Crippen LogP contribution in [-0.4, -0.2) is 17.0 Å². The maximum absolute atomic E-state index is 12.5. The van der Waals surface area contributed by atoms with Crippen LogP contribution in [0.25, 0.3) is 0 Å². The highest BCUT2D eigenvalue weighted by atomic mass is 32.1. The first-order chi connectivity index (χ1) is 9.58. The molecule has 2 bridgehead atoms. The van der Waals surface area contributed by atoms with E-state index in [1.807, 2.05) is 12.1 Å². The molecule has 5 heteroatoms. The minimum atomic E-state index is -0.837. The Kier molecular flexibility index (Phi) is 3.46. The van der Waals surface area contributed by atoms with Gasteiger partial charge < -0.3 is 10.4 Å². The zero-order valence-corrected chi connectivity index (χ0v) is 11.8. The molecule has 4 nitrogen and oxygen atoms in total. The third-order valence-electron chi connectivity index (χ3n) is 4.67. The Labute approximate surface area is 123 Å². The molecule has 4 atom stereocenters. The zero-order valence-electron chi connectivity index (χ0n) is 11.0. The summed E-state index contributed by atoms with van der Waals surface area (Å²) in [6, 6.07) is 7.25. The number of rotatable bonds is 3.